The highest BCUT2D eigenvalue weighted by Crippen LogP contribution is 2.38. The van der Waals surface area contributed by atoms with Crippen molar-refractivity contribution in [2.24, 2.45) is 0 Å². The van der Waals surface area contributed by atoms with Crippen LogP contribution in [-0.4, -0.2) is 11.9 Å². The van der Waals surface area contributed by atoms with Crippen LogP contribution in [0, 0.1) is 0 Å². The number of nitrogens with one attached hydrogen (secondary N) is 1. The van der Waals surface area contributed by atoms with Crippen LogP contribution in [0.25, 0.3) is 0 Å². The second kappa shape index (κ2) is 6.01. The number of amides is 1. The summed E-state index contributed by atoms with van der Waals surface area (Å²) in [4.78, 5) is 13.9. The summed E-state index contributed by atoms with van der Waals surface area (Å²) in [7, 11) is 0. The van der Waals surface area contributed by atoms with Crippen molar-refractivity contribution in [2.75, 3.05) is 10.2 Å². The molecule has 22 heavy (non-hydrogen) atoms. The molecule has 4 heteroatoms. The smallest absolute Gasteiger partial charge is 0.224 e. The molecule has 114 valence electrons. The highest BCUT2D eigenvalue weighted by atomic mass is 35.5. The Morgan fingerprint density at radius 2 is 2.00 bits per heavy atom. The lowest BCUT2D eigenvalue weighted by molar-refractivity contribution is -0.117. The van der Waals surface area contributed by atoms with E-state index in [1.165, 1.54) is 0 Å². The van der Waals surface area contributed by atoms with Crippen molar-refractivity contribution >= 4 is 28.9 Å². The van der Waals surface area contributed by atoms with Crippen molar-refractivity contribution in [1.29, 1.82) is 0 Å². The fourth-order valence-corrected chi connectivity index (χ4v) is 3.40. The van der Waals surface area contributed by atoms with Crippen molar-refractivity contribution in [2.45, 2.75) is 32.4 Å². The van der Waals surface area contributed by atoms with Gasteiger partial charge in [-0.05, 0) is 43.2 Å². The number of hydrogen-bond donors (Lipinski definition) is 1. The predicted octanol–water partition coefficient (Wildman–Crippen LogP) is 4.64. The Bertz CT molecular complexity index is 701. The lowest BCUT2D eigenvalue weighted by Gasteiger charge is -2.39. The van der Waals surface area contributed by atoms with Crippen LogP contribution in [-0.2, 0) is 4.79 Å². The van der Waals surface area contributed by atoms with Crippen LogP contribution < -0.4 is 10.2 Å². The molecule has 0 saturated heterocycles. The summed E-state index contributed by atoms with van der Waals surface area (Å²) in [6.45, 7) is 3.71. The van der Waals surface area contributed by atoms with E-state index < -0.39 is 0 Å². The van der Waals surface area contributed by atoms with E-state index in [9.17, 15) is 4.79 Å². The number of carbonyl (C=O) groups excluding carboxylic acids is 1. The van der Waals surface area contributed by atoms with Gasteiger partial charge in [0.15, 0.2) is 0 Å². The number of nitrogens with zero attached hydrogens (tertiary/aromatic N) is 1. The number of halogens is 1. The number of fused-ring (bicyclic) bond motifs is 1. The van der Waals surface area contributed by atoms with Gasteiger partial charge in [0.25, 0.3) is 0 Å². The molecule has 0 aliphatic carbocycles. The Balaban J connectivity index is 1.96. The van der Waals surface area contributed by atoms with E-state index in [2.05, 4.69) is 18.3 Å². The van der Waals surface area contributed by atoms with E-state index in [4.69, 9.17) is 11.6 Å². The summed E-state index contributed by atoms with van der Waals surface area (Å²) in [6, 6.07) is 16.1. The minimum atomic E-state index is 0.0844. The first kappa shape index (κ1) is 14.9. The van der Waals surface area contributed by atoms with Gasteiger partial charge in [0.2, 0.25) is 5.91 Å². The molecular formula is C18H19ClN2O. The molecule has 2 aromatic rings. The summed E-state index contributed by atoms with van der Waals surface area (Å²) >= 11 is 6.06. The Morgan fingerprint density at radius 1 is 1.23 bits per heavy atom. The zero-order chi connectivity index (χ0) is 15.7. The Kier molecular flexibility index (Phi) is 4.08. The summed E-state index contributed by atoms with van der Waals surface area (Å²) in [5.41, 5.74) is 3.14. The van der Waals surface area contributed by atoms with Gasteiger partial charge in [-0.15, -0.1) is 0 Å². The fourth-order valence-electron chi connectivity index (χ4n) is 3.21. The molecule has 1 aliphatic heterocycles. The van der Waals surface area contributed by atoms with Crippen LogP contribution in [0.5, 0.6) is 0 Å². The summed E-state index contributed by atoms with van der Waals surface area (Å²) in [5.74, 6) is 0.0844. The normalized spacial score (nSPS) is 20.4. The monoisotopic (exact) mass is 314 g/mol. The van der Waals surface area contributed by atoms with Gasteiger partial charge in [-0.3, -0.25) is 4.79 Å². The molecule has 0 radical (unpaired) electrons. The van der Waals surface area contributed by atoms with Crippen LogP contribution in [0.1, 0.15) is 31.9 Å². The maximum absolute atomic E-state index is 12.0. The Labute approximate surface area is 135 Å². The van der Waals surface area contributed by atoms with Gasteiger partial charge < -0.3 is 10.2 Å². The minimum absolute atomic E-state index is 0.0844. The van der Waals surface area contributed by atoms with Crippen LogP contribution in [0.3, 0.4) is 0 Å². The minimum Gasteiger partial charge on any atom is -0.378 e. The number of carbonyl (C=O) groups is 1. The third kappa shape index (κ3) is 2.81. The van der Waals surface area contributed by atoms with Crippen LogP contribution >= 0.6 is 11.6 Å². The lowest BCUT2D eigenvalue weighted by Crippen LogP contribution is -2.43. The molecule has 2 aromatic carbocycles. The fraction of sp³-hybridized carbons (Fsp3) is 0.278. The Morgan fingerprint density at radius 3 is 2.73 bits per heavy atom. The lowest BCUT2D eigenvalue weighted by atomic mass is 9.91. The van der Waals surface area contributed by atoms with Crippen LogP contribution in [0.4, 0.5) is 11.4 Å². The third-order valence-corrected chi connectivity index (χ3v) is 4.33. The van der Waals surface area contributed by atoms with Crippen molar-refractivity contribution in [1.82, 2.24) is 0 Å². The SMILES string of the molecule is CC(=O)N1c2ccccc2[C@@H](Nc2cccc(Cl)c2)C[C@H]1C. The van der Waals surface area contributed by atoms with Crippen molar-refractivity contribution in [3.63, 3.8) is 0 Å². The predicted molar refractivity (Wildman–Crippen MR) is 91.5 cm³/mol. The first-order chi connectivity index (χ1) is 10.6. The van der Waals surface area contributed by atoms with Crippen LogP contribution in [0.15, 0.2) is 48.5 Å². The van der Waals surface area contributed by atoms with Crippen molar-refractivity contribution in [3.8, 4) is 0 Å². The summed E-state index contributed by atoms with van der Waals surface area (Å²) in [6.07, 6.45) is 0.864. The molecule has 2 atom stereocenters. The quantitative estimate of drug-likeness (QED) is 0.876. The third-order valence-electron chi connectivity index (χ3n) is 4.09. The molecular weight excluding hydrogens is 296 g/mol. The average Bonchev–Trinajstić information content (AvgIpc) is 2.47. The summed E-state index contributed by atoms with van der Waals surface area (Å²) in [5, 5.41) is 4.26. The number of rotatable bonds is 2. The van der Waals surface area contributed by atoms with Gasteiger partial charge in [-0.25, -0.2) is 0 Å². The second-order valence-corrected chi connectivity index (χ2v) is 6.18. The molecule has 1 N–H and O–H groups in total. The largest absolute Gasteiger partial charge is 0.378 e. The van der Waals surface area contributed by atoms with E-state index in [1.807, 2.05) is 47.4 Å². The molecule has 1 heterocycles. The maximum Gasteiger partial charge on any atom is 0.224 e. The molecule has 0 saturated carbocycles. The number of anilines is 2. The molecule has 1 amide bonds. The Hall–Kier alpha value is -2.00. The average molecular weight is 315 g/mol. The first-order valence-electron chi connectivity index (χ1n) is 7.47. The number of benzene rings is 2. The molecule has 0 unspecified atom stereocenters. The maximum atomic E-state index is 12.0. The van der Waals surface area contributed by atoms with Gasteiger partial charge in [0.1, 0.15) is 0 Å². The van der Waals surface area contributed by atoms with Gasteiger partial charge in [0, 0.05) is 29.4 Å². The van der Waals surface area contributed by atoms with E-state index in [1.54, 1.807) is 6.92 Å². The number of para-hydroxylation sites is 1. The standard InChI is InChI=1S/C18H19ClN2O/c1-12-10-17(20-15-7-5-6-14(19)11-15)16-8-3-4-9-18(16)21(12)13(2)22/h3-9,11-12,17,20H,10H2,1-2H3/t12-,17+/m1/s1. The highest BCUT2D eigenvalue weighted by Gasteiger charge is 2.31. The zero-order valence-electron chi connectivity index (χ0n) is 12.7. The van der Waals surface area contributed by atoms with Gasteiger partial charge in [0.05, 0.1) is 6.04 Å². The van der Waals surface area contributed by atoms with E-state index in [0.29, 0.717) is 5.02 Å². The molecule has 0 aromatic heterocycles. The van der Waals surface area contributed by atoms with Gasteiger partial charge in [-0.2, -0.15) is 0 Å². The number of hydrogen-bond acceptors (Lipinski definition) is 2. The zero-order valence-corrected chi connectivity index (χ0v) is 13.5. The van der Waals surface area contributed by atoms with E-state index >= 15 is 0 Å². The second-order valence-electron chi connectivity index (χ2n) is 5.74. The highest BCUT2D eigenvalue weighted by molar-refractivity contribution is 6.30. The molecule has 0 fully saturated rings. The topological polar surface area (TPSA) is 32.3 Å². The van der Waals surface area contributed by atoms with Gasteiger partial charge in [-0.1, -0.05) is 35.9 Å². The summed E-state index contributed by atoms with van der Waals surface area (Å²) < 4.78 is 0. The first-order valence-corrected chi connectivity index (χ1v) is 7.85. The van der Waals surface area contributed by atoms with Crippen molar-refractivity contribution in [3.05, 3.63) is 59.1 Å². The van der Waals surface area contributed by atoms with Crippen LogP contribution in [0.2, 0.25) is 5.02 Å². The molecule has 0 spiro atoms. The molecule has 0 bridgehead atoms. The van der Waals surface area contributed by atoms with E-state index in [0.717, 1.165) is 23.4 Å². The van der Waals surface area contributed by atoms with Crippen molar-refractivity contribution < 1.29 is 4.79 Å². The van der Waals surface area contributed by atoms with E-state index in [-0.39, 0.29) is 18.0 Å². The molecule has 3 rings (SSSR count). The van der Waals surface area contributed by atoms with Gasteiger partial charge >= 0.3 is 0 Å². The molecule has 3 nitrogen and oxygen atoms in total. The molecule has 1 aliphatic rings.